The van der Waals surface area contributed by atoms with Crippen LogP contribution in [0.15, 0.2) is 54.7 Å². The summed E-state index contributed by atoms with van der Waals surface area (Å²) in [5.41, 5.74) is 7.42. The predicted octanol–water partition coefficient (Wildman–Crippen LogP) is 6.52. The summed E-state index contributed by atoms with van der Waals surface area (Å²) in [6, 6.07) is 18.0. The molecule has 0 atom stereocenters. The fourth-order valence-electron chi connectivity index (χ4n) is 4.71. The van der Waals surface area contributed by atoms with Crippen LogP contribution in [0.3, 0.4) is 0 Å². The van der Waals surface area contributed by atoms with Gasteiger partial charge in [0.15, 0.2) is 0 Å². The first kappa shape index (κ1) is 18.2. The lowest BCUT2D eigenvalue weighted by Gasteiger charge is -2.33. The van der Waals surface area contributed by atoms with Gasteiger partial charge in [0.1, 0.15) is 0 Å². The molecule has 4 rings (SSSR count). The van der Waals surface area contributed by atoms with E-state index in [0.717, 1.165) is 11.9 Å². The molecule has 1 aromatic heterocycles. The Morgan fingerprint density at radius 3 is 2.19 bits per heavy atom. The van der Waals surface area contributed by atoms with E-state index < -0.39 is 0 Å². The van der Waals surface area contributed by atoms with Crippen LogP contribution in [0.4, 0.5) is 0 Å². The van der Waals surface area contributed by atoms with E-state index in [1.54, 1.807) is 11.1 Å². The normalized spacial score (nSPS) is 15.3. The molecule has 0 spiro atoms. The first-order valence-corrected chi connectivity index (χ1v) is 10.2. The first-order valence-electron chi connectivity index (χ1n) is 10.2. The van der Waals surface area contributed by atoms with Gasteiger partial charge in [0.25, 0.3) is 0 Å². The Kier molecular flexibility index (Phi) is 4.37. The van der Waals surface area contributed by atoms with Crippen molar-refractivity contribution in [1.82, 2.24) is 4.98 Å². The number of benzene rings is 2. The highest BCUT2D eigenvalue weighted by atomic mass is 14.7. The fraction of sp³-hybridized carbons (Fsp3) is 0.423. The monoisotopic (exact) mass is 357 g/mol. The molecule has 0 amide bonds. The summed E-state index contributed by atoms with van der Waals surface area (Å²) in [4.78, 5) is 4.69. The molecule has 0 fully saturated rings. The fourth-order valence-corrected chi connectivity index (χ4v) is 4.71. The second-order valence-electron chi connectivity index (χ2n) is 10.0. The van der Waals surface area contributed by atoms with Crippen LogP contribution < -0.4 is 0 Å². The predicted molar refractivity (Wildman–Crippen MR) is 115 cm³/mol. The van der Waals surface area contributed by atoms with Gasteiger partial charge in [-0.2, -0.15) is 0 Å². The quantitative estimate of drug-likeness (QED) is 0.520. The number of fused-ring (bicyclic) bond motifs is 2. The van der Waals surface area contributed by atoms with E-state index >= 15 is 0 Å². The van der Waals surface area contributed by atoms with Crippen molar-refractivity contribution in [3.63, 3.8) is 0 Å². The van der Waals surface area contributed by atoms with Crippen molar-refractivity contribution in [2.24, 2.45) is 11.3 Å². The van der Waals surface area contributed by atoms with Gasteiger partial charge in [0.05, 0.1) is 5.52 Å². The third-order valence-electron chi connectivity index (χ3n) is 6.39. The molecule has 0 aliphatic heterocycles. The van der Waals surface area contributed by atoms with Crippen LogP contribution in [0.1, 0.15) is 56.9 Å². The molecule has 0 saturated carbocycles. The maximum atomic E-state index is 4.69. The molecular formula is C26H31N. The SMILES string of the molecule is CC(C)(C)c1cc(CC(C)(C)C2Cc3ccccc3C2)cc2cccnc12. The van der Waals surface area contributed by atoms with Crippen molar-refractivity contribution in [3.8, 4) is 0 Å². The number of hydrogen-bond donors (Lipinski definition) is 0. The Balaban J connectivity index is 1.67. The lowest BCUT2D eigenvalue weighted by molar-refractivity contribution is 0.219. The summed E-state index contributed by atoms with van der Waals surface area (Å²) in [5.74, 6) is 0.706. The van der Waals surface area contributed by atoms with Crippen molar-refractivity contribution in [3.05, 3.63) is 77.0 Å². The summed E-state index contributed by atoms with van der Waals surface area (Å²) in [5, 5.41) is 1.27. The van der Waals surface area contributed by atoms with Gasteiger partial charge in [-0.15, -0.1) is 0 Å². The molecule has 0 unspecified atom stereocenters. The zero-order valence-corrected chi connectivity index (χ0v) is 17.3. The average Bonchev–Trinajstić information content (AvgIpc) is 3.05. The molecule has 1 heteroatoms. The van der Waals surface area contributed by atoms with Crippen LogP contribution in [-0.2, 0) is 24.7 Å². The molecular weight excluding hydrogens is 326 g/mol. The molecule has 1 aliphatic rings. The van der Waals surface area contributed by atoms with E-state index in [1.807, 2.05) is 6.20 Å². The van der Waals surface area contributed by atoms with Crippen LogP contribution in [0, 0.1) is 11.3 Å². The van der Waals surface area contributed by atoms with E-state index in [1.165, 1.54) is 29.4 Å². The van der Waals surface area contributed by atoms with Crippen molar-refractivity contribution in [2.45, 2.75) is 59.3 Å². The molecule has 1 nitrogen and oxygen atoms in total. The molecule has 0 saturated heterocycles. The molecule has 2 aromatic carbocycles. The smallest absolute Gasteiger partial charge is 0.0739 e. The molecule has 1 heterocycles. The second-order valence-corrected chi connectivity index (χ2v) is 10.0. The van der Waals surface area contributed by atoms with Crippen LogP contribution in [0.2, 0.25) is 0 Å². The van der Waals surface area contributed by atoms with Crippen molar-refractivity contribution in [1.29, 1.82) is 0 Å². The summed E-state index contributed by atoms with van der Waals surface area (Å²) >= 11 is 0. The van der Waals surface area contributed by atoms with Crippen LogP contribution in [0.5, 0.6) is 0 Å². The summed E-state index contributed by atoms with van der Waals surface area (Å²) in [6.45, 7) is 11.8. The Hall–Kier alpha value is -2.15. The topological polar surface area (TPSA) is 12.9 Å². The number of pyridine rings is 1. The highest BCUT2D eigenvalue weighted by molar-refractivity contribution is 5.83. The minimum absolute atomic E-state index is 0.0936. The van der Waals surface area contributed by atoms with Gasteiger partial charge >= 0.3 is 0 Å². The largest absolute Gasteiger partial charge is 0.256 e. The molecule has 0 bridgehead atoms. The van der Waals surface area contributed by atoms with Gasteiger partial charge in [-0.1, -0.05) is 71.0 Å². The number of rotatable bonds is 3. The van der Waals surface area contributed by atoms with Gasteiger partial charge < -0.3 is 0 Å². The minimum Gasteiger partial charge on any atom is -0.256 e. The summed E-state index contributed by atoms with van der Waals surface area (Å²) < 4.78 is 0. The van der Waals surface area contributed by atoms with Crippen molar-refractivity contribution >= 4 is 10.9 Å². The van der Waals surface area contributed by atoms with E-state index in [4.69, 9.17) is 0 Å². The van der Waals surface area contributed by atoms with Crippen molar-refractivity contribution in [2.75, 3.05) is 0 Å². The number of nitrogens with zero attached hydrogens (tertiary/aromatic N) is 1. The standard InChI is InChI=1S/C26H31N/c1-25(2,3)23-14-18(13-21-11-8-12-27-24(21)23)17-26(4,5)22-15-19-9-6-7-10-20(19)16-22/h6-14,22H,15-17H2,1-5H3. The van der Waals surface area contributed by atoms with Gasteiger partial charge in [-0.25, -0.2) is 0 Å². The molecule has 1 aliphatic carbocycles. The third kappa shape index (κ3) is 3.52. The molecule has 0 radical (unpaired) electrons. The highest BCUT2D eigenvalue weighted by Crippen LogP contribution is 2.41. The van der Waals surface area contributed by atoms with Crippen LogP contribution >= 0.6 is 0 Å². The molecule has 27 heavy (non-hydrogen) atoms. The Bertz CT molecular complexity index is 950. The maximum absolute atomic E-state index is 4.69. The second kappa shape index (κ2) is 6.48. The summed E-state index contributed by atoms with van der Waals surface area (Å²) in [7, 11) is 0. The van der Waals surface area contributed by atoms with Gasteiger partial charge in [0.2, 0.25) is 0 Å². The average molecular weight is 358 g/mol. The van der Waals surface area contributed by atoms with E-state index in [0.29, 0.717) is 5.92 Å². The highest BCUT2D eigenvalue weighted by Gasteiger charge is 2.34. The minimum atomic E-state index is 0.0936. The summed E-state index contributed by atoms with van der Waals surface area (Å²) in [6.07, 6.45) is 5.45. The molecule has 3 aromatic rings. The first-order chi connectivity index (χ1) is 12.7. The maximum Gasteiger partial charge on any atom is 0.0739 e. The molecule has 0 N–H and O–H groups in total. The zero-order valence-electron chi connectivity index (χ0n) is 17.3. The van der Waals surface area contributed by atoms with E-state index in [2.05, 4.69) is 88.1 Å². The van der Waals surface area contributed by atoms with Gasteiger partial charge in [0, 0.05) is 11.6 Å². The van der Waals surface area contributed by atoms with E-state index in [-0.39, 0.29) is 10.8 Å². The van der Waals surface area contributed by atoms with Crippen LogP contribution in [-0.4, -0.2) is 4.98 Å². The van der Waals surface area contributed by atoms with Crippen LogP contribution in [0.25, 0.3) is 10.9 Å². The lowest BCUT2D eigenvalue weighted by atomic mass is 9.72. The number of aromatic nitrogens is 1. The third-order valence-corrected chi connectivity index (χ3v) is 6.39. The Labute approximate surface area is 163 Å². The molecule has 140 valence electrons. The van der Waals surface area contributed by atoms with Gasteiger partial charge in [-0.05, 0) is 70.4 Å². The van der Waals surface area contributed by atoms with Gasteiger partial charge in [-0.3, -0.25) is 4.98 Å². The zero-order chi connectivity index (χ0) is 19.2. The Morgan fingerprint density at radius 2 is 1.56 bits per heavy atom. The lowest BCUT2D eigenvalue weighted by Crippen LogP contribution is -2.27. The van der Waals surface area contributed by atoms with Crippen molar-refractivity contribution < 1.29 is 0 Å². The van der Waals surface area contributed by atoms with E-state index in [9.17, 15) is 0 Å². The number of hydrogen-bond acceptors (Lipinski definition) is 1. The Morgan fingerprint density at radius 1 is 0.889 bits per heavy atom.